The summed E-state index contributed by atoms with van der Waals surface area (Å²) in [5.74, 6) is -0.364. The Morgan fingerprint density at radius 3 is 2.69 bits per heavy atom. The Bertz CT molecular complexity index is 1020. The molecule has 6 nitrogen and oxygen atoms in total. The van der Waals surface area contributed by atoms with E-state index in [1.165, 1.54) is 23.5 Å². The average molecular weight is 437 g/mol. The molecule has 1 saturated heterocycles. The number of halogens is 1. The zero-order valence-corrected chi connectivity index (χ0v) is 18.3. The second kappa shape index (κ2) is 8.73. The minimum absolute atomic E-state index is 0.0167. The van der Waals surface area contributed by atoms with Crippen LogP contribution in [0.1, 0.15) is 24.0 Å². The highest BCUT2D eigenvalue weighted by atomic mass is 35.5. The van der Waals surface area contributed by atoms with Gasteiger partial charge in [-0.3, -0.25) is 4.79 Å². The van der Waals surface area contributed by atoms with Crippen molar-refractivity contribution in [3.63, 3.8) is 0 Å². The van der Waals surface area contributed by atoms with E-state index < -0.39 is 15.9 Å². The van der Waals surface area contributed by atoms with Gasteiger partial charge in [-0.05, 0) is 62.1 Å². The molecule has 0 radical (unpaired) electrons. The number of carbonyl (C=O) groups is 1. The SMILES string of the molecule is COc1ccc(Cl)cc1S(=O)(=O)N1CCC[C@@H](C(=O)Nc2cc(C)ccc2C)C1. The zero-order valence-electron chi connectivity index (χ0n) is 16.7. The first-order valence-electron chi connectivity index (χ1n) is 9.44. The van der Waals surface area contributed by atoms with Gasteiger partial charge in [-0.2, -0.15) is 4.31 Å². The summed E-state index contributed by atoms with van der Waals surface area (Å²) in [5.41, 5.74) is 2.77. The number of nitrogens with one attached hydrogen (secondary N) is 1. The minimum atomic E-state index is -3.84. The molecule has 0 saturated carbocycles. The van der Waals surface area contributed by atoms with Gasteiger partial charge in [-0.25, -0.2) is 8.42 Å². The molecular formula is C21H25ClN2O4S. The largest absolute Gasteiger partial charge is 0.495 e. The minimum Gasteiger partial charge on any atom is -0.495 e. The van der Waals surface area contributed by atoms with Gasteiger partial charge in [-0.15, -0.1) is 0 Å². The smallest absolute Gasteiger partial charge is 0.246 e. The maximum Gasteiger partial charge on any atom is 0.246 e. The standard InChI is InChI=1S/C21H25ClN2O4S/c1-14-6-7-15(2)18(11-14)23-21(25)16-5-4-10-24(13-16)29(26,27)20-12-17(22)8-9-19(20)28-3/h6-9,11-12,16H,4-5,10,13H2,1-3H3,(H,23,25)/t16-/m1/s1. The molecule has 1 N–H and O–H groups in total. The molecule has 0 aliphatic carbocycles. The van der Waals surface area contributed by atoms with Gasteiger partial charge in [0.05, 0.1) is 13.0 Å². The summed E-state index contributed by atoms with van der Waals surface area (Å²) in [6.07, 6.45) is 1.24. The van der Waals surface area contributed by atoms with Crippen LogP contribution in [0.5, 0.6) is 5.75 Å². The van der Waals surface area contributed by atoms with E-state index in [1.54, 1.807) is 6.07 Å². The van der Waals surface area contributed by atoms with Crippen molar-refractivity contribution in [1.29, 1.82) is 0 Å². The third-order valence-corrected chi connectivity index (χ3v) is 7.27. The number of aryl methyl sites for hydroxylation is 2. The van der Waals surface area contributed by atoms with E-state index in [9.17, 15) is 13.2 Å². The van der Waals surface area contributed by atoms with Crippen molar-refractivity contribution < 1.29 is 17.9 Å². The number of hydrogen-bond acceptors (Lipinski definition) is 4. The Hall–Kier alpha value is -2.09. The molecule has 156 valence electrons. The third-order valence-electron chi connectivity index (χ3n) is 5.15. The van der Waals surface area contributed by atoms with Crippen LogP contribution >= 0.6 is 11.6 Å². The zero-order chi connectivity index (χ0) is 21.2. The van der Waals surface area contributed by atoms with Crippen molar-refractivity contribution in [2.75, 3.05) is 25.5 Å². The van der Waals surface area contributed by atoms with Crippen molar-refractivity contribution in [3.8, 4) is 5.75 Å². The Morgan fingerprint density at radius 1 is 1.21 bits per heavy atom. The first kappa shape index (κ1) is 21.6. The van der Waals surface area contributed by atoms with Crippen LogP contribution in [0.2, 0.25) is 5.02 Å². The molecule has 8 heteroatoms. The van der Waals surface area contributed by atoms with Crippen LogP contribution in [0.3, 0.4) is 0 Å². The Balaban J connectivity index is 1.80. The van der Waals surface area contributed by atoms with Crippen LogP contribution in [0.15, 0.2) is 41.3 Å². The summed E-state index contributed by atoms with van der Waals surface area (Å²) in [7, 11) is -2.42. The molecule has 1 aliphatic rings. The number of methoxy groups -OCH3 is 1. The number of rotatable bonds is 5. The quantitative estimate of drug-likeness (QED) is 0.768. The van der Waals surface area contributed by atoms with Crippen LogP contribution in [-0.4, -0.2) is 38.8 Å². The normalized spacial score (nSPS) is 17.7. The monoisotopic (exact) mass is 436 g/mol. The molecule has 1 amide bonds. The number of ether oxygens (including phenoxy) is 1. The fraction of sp³-hybridized carbons (Fsp3) is 0.381. The van der Waals surface area contributed by atoms with Crippen molar-refractivity contribution in [2.24, 2.45) is 5.92 Å². The van der Waals surface area contributed by atoms with E-state index in [0.29, 0.717) is 24.4 Å². The number of nitrogens with zero attached hydrogens (tertiary/aromatic N) is 1. The van der Waals surface area contributed by atoms with Gasteiger partial charge in [0.15, 0.2) is 0 Å². The van der Waals surface area contributed by atoms with E-state index in [-0.39, 0.29) is 23.1 Å². The summed E-state index contributed by atoms with van der Waals surface area (Å²) >= 11 is 6.01. The van der Waals surface area contributed by atoms with Gasteiger partial charge in [0.2, 0.25) is 15.9 Å². The molecule has 1 aliphatic heterocycles. The van der Waals surface area contributed by atoms with Gasteiger partial charge < -0.3 is 10.1 Å². The van der Waals surface area contributed by atoms with Gasteiger partial charge in [0.1, 0.15) is 10.6 Å². The number of amides is 1. The lowest BCUT2D eigenvalue weighted by molar-refractivity contribution is -0.120. The van der Waals surface area contributed by atoms with Crippen LogP contribution in [-0.2, 0) is 14.8 Å². The first-order chi connectivity index (χ1) is 13.7. The van der Waals surface area contributed by atoms with E-state index in [1.807, 2.05) is 32.0 Å². The summed E-state index contributed by atoms with van der Waals surface area (Å²) < 4.78 is 33.0. The fourth-order valence-electron chi connectivity index (χ4n) is 3.47. The number of hydrogen-bond donors (Lipinski definition) is 1. The number of carbonyl (C=O) groups excluding carboxylic acids is 1. The van der Waals surface area contributed by atoms with E-state index in [0.717, 1.165) is 16.8 Å². The van der Waals surface area contributed by atoms with Gasteiger partial charge in [-0.1, -0.05) is 23.7 Å². The Labute approximate surface area is 176 Å². The molecule has 0 bridgehead atoms. The second-order valence-corrected chi connectivity index (χ2v) is 9.65. The van der Waals surface area contributed by atoms with E-state index >= 15 is 0 Å². The van der Waals surface area contributed by atoms with Crippen molar-refractivity contribution in [2.45, 2.75) is 31.6 Å². The molecule has 1 heterocycles. The summed E-state index contributed by atoms with van der Waals surface area (Å²) in [4.78, 5) is 12.9. The topological polar surface area (TPSA) is 75.7 Å². The summed E-state index contributed by atoms with van der Waals surface area (Å²) in [5, 5.41) is 3.27. The predicted octanol–water partition coefficient (Wildman–Crippen LogP) is 4.00. The maximum atomic E-state index is 13.2. The molecular weight excluding hydrogens is 412 g/mol. The number of sulfonamides is 1. The number of piperidine rings is 1. The Kier molecular flexibility index (Phi) is 6.51. The summed E-state index contributed by atoms with van der Waals surface area (Å²) in [6.45, 7) is 4.36. The third kappa shape index (κ3) is 4.74. The molecule has 3 rings (SSSR count). The molecule has 2 aromatic rings. The Morgan fingerprint density at radius 2 is 1.97 bits per heavy atom. The average Bonchev–Trinajstić information content (AvgIpc) is 2.70. The molecule has 1 atom stereocenters. The van der Waals surface area contributed by atoms with Crippen LogP contribution in [0.25, 0.3) is 0 Å². The number of benzene rings is 2. The highest BCUT2D eigenvalue weighted by molar-refractivity contribution is 7.89. The molecule has 0 aromatic heterocycles. The fourth-order valence-corrected chi connectivity index (χ4v) is 5.41. The lowest BCUT2D eigenvalue weighted by Gasteiger charge is -2.31. The molecule has 0 unspecified atom stereocenters. The molecule has 1 fully saturated rings. The van der Waals surface area contributed by atoms with Gasteiger partial charge in [0.25, 0.3) is 0 Å². The highest BCUT2D eigenvalue weighted by Gasteiger charge is 2.35. The van der Waals surface area contributed by atoms with Crippen LogP contribution in [0, 0.1) is 19.8 Å². The maximum absolute atomic E-state index is 13.2. The van der Waals surface area contributed by atoms with Gasteiger partial charge >= 0.3 is 0 Å². The highest BCUT2D eigenvalue weighted by Crippen LogP contribution is 2.32. The van der Waals surface area contributed by atoms with Crippen LogP contribution < -0.4 is 10.1 Å². The predicted molar refractivity (Wildman–Crippen MR) is 114 cm³/mol. The van der Waals surface area contributed by atoms with Crippen molar-refractivity contribution in [1.82, 2.24) is 4.31 Å². The molecule has 0 spiro atoms. The van der Waals surface area contributed by atoms with E-state index in [4.69, 9.17) is 16.3 Å². The second-order valence-electron chi connectivity index (χ2n) is 7.31. The molecule has 29 heavy (non-hydrogen) atoms. The number of anilines is 1. The van der Waals surface area contributed by atoms with Gasteiger partial charge in [0, 0.05) is 23.8 Å². The molecule has 2 aromatic carbocycles. The first-order valence-corrected chi connectivity index (χ1v) is 11.3. The van der Waals surface area contributed by atoms with Crippen LogP contribution in [0.4, 0.5) is 5.69 Å². The van der Waals surface area contributed by atoms with E-state index in [2.05, 4.69) is 5.32 Å². The lowest BCUT2D eigenvalue weighted by Crippen LogP contribution is -2.43. The lowest BCUT2D eigenvalue weighted by atomic mass is 9.98. The van der Waals surface area contributed by atoms with Crippen molar-refractivity contribution in [3.05, 3.63) is 52.5 Å². The van der Waals surface area contributed by atoms with Crippen molar-refractivity contribution >= 4 is 33.2 Å². The summed E-state index contributed by atoms with van der Waals surface area (Å²) in [6, 6.07) is 10.4.